The molecule has 0 aliphatic carbocycles. The van der Waals surface area contributed by atoms with Crippen molar-refractivity contribution in [2.75, 3.05) is 14.1 Å². The molecule has 0 saturated heterocycles. The first-order chi connectivity index (χ1) is 7.99. The Labute approximate surface area is 102 Å². The van der Waals surface area contributed by atoms with Crippen LogP contribution in [0.15, 0.2) is 18.2 Å². The van der Waals surface area contributed by atoms with Gasteiger partial charge in [0.2, 0.25) is 0 Å². The van der Waals surface area contributed by atoms with Crippen LogP contribution in [0.1, 0.15) is 37.4 Å². The SMILES string of the molecule is CC(C)c1ccc2cc(C(=O)N(C)C)[nH]c2n1.[HH]. The van der Waals surface area contributed by atoms with Crippen molar-refractivity contribution < 1.29 is 6.22 Å². The Hall–Kier alpha value is -1.84. The molecule has 1 amide bonds. The first-order valence-corrected chi connectivity index (χ1v) is 5.70. The summed E-state index contributed by atoms with van der Waals surface area (Å²) >= 11 is 0. The Kier molecular flexibility index (Phi) is 2.88. The van der Waals surface area contributed by atoms with Crippen LogP contribution in [0.25, 0.3) is 11.0 Å². The van der Waals surface area contributed by atoms with E-state index in [-0.39, 0.29) is 7.33 Å². The van der Waals surface area contributed by atoms with Crippen LogP contribution in [0.5, 0.6) is 0 Å². The van der Waals surface area contributed by atoms with Gasteiger partial charge in [0.1, 0.15) is 11.3 Å². The van der Waals surface area contributed by atoms with Crippen LogP contribution >= 0.6 is 0 Å². The van der Waals surface area contributed by atoms with Crippen LogP contribution in [0.3, 0.4) is 0 Å². The highest BCUT2D eigenvalue weighted by Gasteiger charge is 2.12. The van der Waals surface area contributed by atoms with Crippen LogP contribution in [-0.4, -0.2) is 34.9 Å². The van der Waals surface area contributed by atoms with Crippen molar-refractivity contribution in [3.63, 3.8) is 0 Å². The zero-order valence-corrected chi connectivity index (χ0v) is 10.6. The number of hydrogen-bond donors (Lipinski definition) is 1. The maximum Gasteiger partial charge on any atom is 0.269 e. The largest absolute Gasteiger partial charge is 0.344 e. The molecular formula is C13H19N3O. The number of pyridine rings is 1. The summed E-state index contributed by atoms with van der Waals surface area (Å²) in [4.78, 5) is 20.9. The quantitative estimate of drug-likeness (QED) is 0.866. The molecule has 0 unspecified atom stereocenters. The smallest absolute Gasteiger partial charge is 0.269 e. The second-order valence-corrected chi connectivity index (χ2v) is 4.71. The highest BCUT2D eigenvalue weighted by atomic mass is 16.2. The third-order valence-electron chi connectivity index (χ3n) is 2.73. The molecule has 0 fully saturated rings. The van der Waals surface area contributed by atoms with E-state index in [0.717, 1.165) is 16.7 Å². The summed E-state index contributed by atoms with van der Waals surface area (Å²) in [7, 11) is 3.47. The highest BCUT2D eigenvalue weighted by Crippen LogP contribution is 2.18. The molecule has 4 nitrogen and oxygen atoms in total. The molecule has 1 N–H and O–H groups in total. The summed E-state index contributed by atoms with van der Waals surface area (Å²) in [5, 5.41) is 0.972. The molecule has 2 aromatic heterocycles. The van der Waals surface area contributed by atoms with Gasteiger partial charge in [-0.25, -0.2) is 4.98 Å². The molecule has 4 heteroatoms. The number of H-pyrrole nitrogens is 1. The lowest BCUT2D eigenvalue weighted by atomic mass is 10.1. The monoisotopic (exact) mass is 233 g/mol. The van der Waals surface area contributed by atoms with Gasteiger partial charge in [0.05, 0.1) is 0 Å². The molecule has 92 valence electrons. The second kappa shape index (κ2) is 4.20. The van der Waals surface area contributed by atoms with Crippen LogP contribution in [0, 0.1) is 0 Å². The number of nitrogens with one attached hydrogen (secondary N) is 1. The molecule has 2 heterocycles. The van der Waals surface area contributed by atoms with Gasteiger partial charge in [-0.15, -0.1) is 0 Å². The summed E-state index contributed by atoms with van der Waals surface area (Å²) in [6, 6.07) is 5.85. The average molecular weight is 233 g/mol. The zero-order chi connectivity index (χ0) is 12.6. The van der Waals surface area contributed by atoms with Crippen molar-refractivity contribution in [3.8, 4) is 0 Å². The summed E-state index contributed by atoms with van der Waals surface area (Å²) < 4.78 is 0. The summed E-state index contributed by atoms with van der Waals surface area (Å²) in [6.07, 6.45) is 0. The zero-order valence-electron chi connectivity index (χ0n) is 10.6. The first-order valence-electron chi connectivity index (χ1n) is 5.70. The Bertz CT molecular complexity index is 560. The molecule has 2 rings (SSSR count). The molecule has 0 bridgehead atoms. The van der Waals surface area contributed by atoms with Gasteiger partial charge in [0, 0.05) is 26.6 Å². The van der Waals surface area contributed by atoms with Crippen LogP contribution in [0.2, 0.25) is 0 Å². The second-order valence-electron chi connectivity index (χ2n) is 4.71. The van der Waals surface area contributed by atoms with Crippen molar-refractivity contribution in [2.45, 2.75) is 19.8 Å². The van der Waals surface area contributed by atoms with E-state index in [1.165, 1.54) is 0 Å². The number of aromatic nitrogens is 2. The van der Waals surface area contributed by atoms with Crippen molar-refractivity contribution in [1.82, 2.24) is 14.9 Å². The maximum absolute atomic E-state index is 11.8. The van der Waals surface area contributed by atoms with E-state index in [1.54, 1.807) is 19.0 Å². The Balaban J connectivity index is 0.00000162. The van der Waals surface area contributed by atoms with Crippen LogP contribution < -0.4 is 0 Å². The number of nitrogens with zero attached hydrogens (tertiary/aromatic N) is 2. The van der Waals surface area contributed by atoms with E-state index >= 15 is 0 Å². The minimum atomic E-state index is -0.0332. The summed E-state index contributed by atoms with van der Waals surface area (Å²) in [5.41, 5.74) is 2.39. The number of hydrogen-bond acceptors (Lipinski definition) is 2. The van der Waals surface area contributed by atoms with Gasteiger partial charge in [0.15, 0.2) is 0 Å². The Morgan fingerprint density at radius 3 is 2.71 bits per heavy atom. The number of carbonyl (C=O) groups excluding carboxylic acids is 1. The number of rotatable bonds is 2. The van der Waals surface area contributed by atoms with Crippen molar-refractivity contribution in [3.05, 3.63) is 29.6 Å². The topological polar surface area (TPSA) is 49.0 Å². The van der Waals surface area contributed by atoms with Gasteiger partial charge >= 0.3 is 0 Å². The van der Waals surface area contributed by atoms with Gasteiger partial charge in [-0.3, -0.25) is 4.79 Å². The number of carbonyl (C=O) groups is 1. The number of fused-ring (bicyclic) bond motifs is 1. The molecule has 0 aromatic carbocycles. The van der Waals surface area contributed by atoms with Crippen molar-refractivity contribution in [2.24, 2.45) is 0 Å². The fourth-order valence-corrected chi connectivity index (χ4v) is 1.70. The third-order valence-corrected chi connectivity index (χ3v) is 2.73. The van der Waals surface area contributed by atoms with E-state index in [0.29, 0.717) is 11.6 Å². The highest BCUT2D eigenvalue weighted by molar-refractivity contribution is 5.96. The maximum atomic E-state index is 11.8. The standard InChI is InChI=1S/C13H17N3O.H2/c1-8(2)10-6-5-9-7-11(13(17)16(3)4)15-12(9)14-10;/h5-8H,1-4H3,(H,14,15);1H. The van der Waals surface area contributed by atoms with E-state index in [9.17, 15) is 4.79 Å². The molecule has 0 radical (unpaired) electrons. The average Bonchev–Trinajstić information content (AvgIpc) is 2.69. The van der Waals surface area contributed by atoms with E-state index in [1.807, 2.05) is 18.2 Å². The molecule has 0 aliphatic rings. The number of aromatic amines is 1. The summed E-state index contributed by atoms with van der Waals surface area (Å²) in [5.74, 6) is 0.352. The van der Waals surface area contributed by atoms with Crippen molar-refractivity contribution in [1.29, 1.82) is 0 Å². The molecule has 0 aliphatic heterocycles. The molecule has 0 atom stereocenters. The third kappa shape index (κ3) is 2.16. The number of amides is 1. The van der Waals surface area contributed by atoms with E-state index < -0.39 is 0 Å². The van der Waals surface area contributed by atoms with Gasteiger partial charge in [-0.05, 0) is 24.1 Å². The van der Waals surface area contributed by atoms with E-state index in [2.05, 4.69) is 23.8 Å². The van der Waals surface area contributed by atoms with Crippen molar-refractivity contribution >= 4 is 16.9 Å². The molecule has 0 spiro atoms. The molecule has 17 heavy (non-hydrogen) atoms. The van der Waals surface area contributed by atoms with Gasteiger partial charge in [-0.2, -0.15) is 0 Å². The minimum absolute atomic E-state index is 0. The summed E-state index contributed by atoms with van der Waals surface area (Å²) in [6.45, 7) is 4.20. The first kappa shape index (κ1) is 11.6. The van der Waals surface area contributed by atoms with Gasteiger partial charge in [-0.1, -0.05) is 13.8 Å². The lowest BCUT2D eigenvalue weighted by Crippen LogP contribution is -2.21. The molecular weight excluding hydrogens is 214 g/mol. The fraction of sp³-hybridized carbons (Fsp3) is 0.385. The normalized spacial score (nSPS) is 11.1. The lowest BCUT2D eigenvalue weighted by molar-refractivity contribution is 0.0823. The van der Waals surface area contributed by atoms with Gasteiger partial charge in [0.25, 0.3) is 5.91 Å². The fourth-order valence-electron chi connectivity index (χ4n) is 1.70. The Morgan fingerprint density at radius 1 is 1.41 bits per heavy atom. The predicted octanol–water partition coefficient (Wildman–Crippen LogP) is 2.63. The minimum Gasteiger partial charge on any atom is -0.344 e. The Morgan fingerprint density at radius 2 is 2.12 bits per heavy atom. The lowest BCUT2D eigenvalue weighted by Gasteiger charge is -2.07. The molecule has 2 aromatic rings. The van der Waals surface area contributed by atoms with E-state index in [4.69, 9.17) is 0 Å². The van der Waals surface area contributed by atoms with Crippen LogP contribution in [-0.2, 0) is 0 Å². The van der Waals surface area contributed by atoms with Crippen LogP contribution in [0.4, 0.5) is 0 Å². The van der Waals surface area contributed by atoms with Gasteiger partial charge < -0.3 is 9.88 Å². The predicted molar refractivity (Wildman–Crippen MR) is 70.3 cm³/mol. The molecule has 0 saturated carbocycles.